The number of carboxylic acid groups (broad SMARTS) is 2. The molecule has 0 saturated carbocycles. The highest BCUT2D eigenvalue weighted by Crippen LogP contribution is 2.37. The second-order valence-electron chi connectivity index (χ2n) is 5.36. The van der Waals surface area contributed by atoms with E-state index in [1.807, 2.05) is 0 Å². The second kappa shape index (κ2) is 6.66. The summed E-state index contributed by atoms with van der Waals surface area (Å²) in [6, 6.07) is 8.30. The van der Waals surface area contributed by atoms with Crippen LogP contribution in [0.5, 0.6) is 0 Å². The van der Waals surface area contributed by atoms with E-state index in [-0.39, 0.29) is 16.7 Å². The Morgan fingerprint density at radius 3 is 2.24 bits per heavy atom. The van der Waals surface area contributed by atoms with E-state index in [4.69, 9.17) is 11.6 Å². The van der Waals surface area contributed by atoms with Crippen LogP contribution >= 0.6 is 22.9 Å². The van der Waals surface area contributed by atoms with Crippen molar-refractivity contribution in [1.29, 1.82) is 0 Å². The van der Waals surface area contributed by atoms with Crippen LogP contribution in [0.25, 0.3) is 22.4 Å². The predicted molar refractivity (Wildman–Crippen MR) is 96.7 cm³/mol. The van der Waals surface area contributed by atoms with Crippen LogP contribution in [-0.4, -0.2) is 27.1 Å². The van der Waals surface area contributed by atoms with Gasteiger partial charge in [-0.1, -0.05) is 23.7 Å². The summed E-state index contributed by atoms with van der Waals surface area (Å²) in [6.45, 7) is 1.64. The molecule has 3 rings (SSSR count). The van der Waals surface area contributed by atoms with Crippen LogP contribution in [0.2, 0.25) is 5.02 Å². The van der Waals surface area contributed by atoms with Crippen molar-refractivity contribution in [3.05, 3.63) is 62.9 Å². The quantitative estimate of drug-likeness (QED) is 0.683. The minimum Gasteiger partial charge on any atom is -0.478 e. The van der Waals surface area contributed by atoms with Crippen molar-refractivity contribution < 1.29 is 19.8 Å². The zero-order valence-electron chi connectivity index (χ0n) is 13.0. The third kappa shape index (κ3) is 3.14. The van der Waals surface area contributed by atoms with Crippen LogP contribution in [-0.2, 0) is 0 Å². The summed E-state index contributed by atoms with van der Waals surface area (Å²) < 4.78 is 0. The fourth-order valence-corrected chi connectivity index (χ4v) is 3.43. The zero-order chi connectivity index (χ0) is 18.1. The molecule has 1 aromatic heterocycles. The highest BCUT2D eigenvalue weighted by molar-refractivity contribution is 7.07. The lowest BCUT2D eigenvalue weighted by Crippen LogP contribution is -2.11. The van der Waals surface area contributed by atoms with Crippen molar-refractivity contribution >= 4 is 34.9 Å². The maximum absolute atomic E-state index is 12.0. The van der Waals surface area contributed by atoms with Crippen molar-refractivity contribution in [3.63, 3.8) is 0 Å². The predicted octanol–water partition coefficient (Wildman–Crippen LogP) is 4.84. The molecule has 1 heterocycles. The summed E-state index contributed by atoms with van der Waals surface area (Å²) in [7, 11) is 0. The van der Waals surface area contributed by atoms with E-state index >= 15 is 0 Å². The fourth-order valence-electron chi connectivity index (χ4n) is 2.76. The molecule has 2 N–H and O–H groups in total. The maximum Gasteiger partial charge on any atom is 0.337 e. The van der Waals surface area contributed by atoms with Gasteiger partial charge >= 0.3 is 11.9 Å². The largest absolute Gasteiger partial charge is 0.478 e. The summed E-state index contributed by atoms with van der Waals surface area (Å²) in [4.78, 5) is 27.9. The molecule has 0 fully saturated rings. The van der Waals surface area contributed by atoms with E-state index in [9.17, 15) is 19.8 Å². The van der Waals surface area contributed by atoms with Crippen LogP contribution in [0.1, 0.15) is 26.3 Å². The minimum absolute atomic E-state index is 0.0546. The number of benzene rings is 2. The Morgan fingerprint density at radius 1 is 1.08 bits per heavy atom. The third-order valence-electron chi connectivity index (χ3n) is 3.80. The number of rotatable bonds is 4. The lowest BCUT2D eigenvalue weighted by Gasteiger charge is -2.16. The first-order chi connectivity index (χ1) is 11.9. The van der Waals surface area contributed by atoms with Crippen LogP contribution < -0.4 is 0 Å². The molecule has 5 nitrogen and oxygen atoms in total. The summed E-state index contributed by atoms with van der Waals surface area (Å²) in [5.74, 6) is -2.40. The summed E-state index contributed by atoms with van der Waals surface area (Å²) in [5, 5.41) is 21.6. The van der Waals surface area contributed by atoms with Gasteiger partial charge in [-0.25, -0.2) is 14.6 Å². The van der Waals surface area contributed by atoms with Crippen molar-refractivity contribution in [2.45, 2.75) is 6.92 Å². The summed E-state index contributed by atoms with van der Waals surface area (Å²) >= 11 is 7.18. The van der Waals surface area contributed by atoms with Crippen LogP contribution in [0, 0.1) is 6.92 Å². The molecule has 0 amide bonds. The van der Waals surface area contributed by atoms with E-state index in [2.05, 4.69) is 4.98 Å². The number of hydrogen-bond donors (Lipinski definition) is 2. The van der Waals surface area contributed by atoms with Crippen molar-refractivity contribution in [2.75, 3.05) is 0 Å². The number of carboxylic acids is 2. The van der Waals surface area contributed by atoms with Gasteiger partial charge in [-0.2, -0.15) is 0 Å². The Hall–Kier alpha value is -2.70. The molecule has 0 spiro atoms. The molecule has 0 atom stereocenters. The Balaban J connectivity index is 2.43. The number of aromatic carboxylic acids is 2. The van der Waals surface area contributed by atoms with Crippen LogP contribution in [0.3, 0.4) is 0 Å². The molecule has 0 aliphatic carbocycles. The number of aromatic nitrogens is 1. The molecule has 2 aromatic carbocycles. The molecule has 25 heavy (non-hydrogen) atoms. The van der Waals surface area contributed by atoms with Gasteiger partial charge in [-0.15, -0.1) is 11.3 Å². The van der Waals surface area contributed by atoms with Gasteiger partial charge in [-0.05, 0) is 41.8 Å². The number of aryl methyl sites for hydroxylation is 1. The van der Waals surface area contributed by atoms with Gasteiger partial charge in [0.1, 0.15) is 0 Å². The number of halogens is 1. The van der Waals surface area contributed by atoms with Gasteiger partial charge in [0.05, 0.1) is 22.3 Å². The highest BCUT2D eigenvalue weighted by Gasteiger charge is 2.27. The minimum atomic E-state index is -1.21. The van der Waals surface area contributed by atoms with Gasteiger partial charge in [0, 0.05) is 16.0 Å². The average Bonchev–Trinajstić information content (AvgIpc) is 3.08. The summed E-state index contributed by atoms with van der Waals surface area (Å²) in [5.41, 5.74) is 3.37. The Kier molecular flexibility index (Phi) is 4.57. The van der Waals surface area contributed by atoms with E-state index in [1.165, 1.54) is 16.8 Å². The molecule has 0 aliphatic heterocycles. The fraction of sp³-hybridized carbons (Fsp3) is 0.0556. The van der Waals surface area contributed by atoms with Gasteiger partial charge in [0.25, 0.3) is 0 Å². The Labute approximate surface area is 152 Å². The third-order valence-corrected chi connectivity index (χ3v) is 4.63. The second-order valence-corrected chi connectivity index (χ2v) is 6.51. The molecule has 0 unspecified atom stereocenters. The first-order valence-corrected chi connectivity index (χ1v) is 8.51. The molecule has 0 radical (unpaired) electrons. The lowest BCUT2D eigenvalue weighted by atomic mass is 9.87. The standard InChI is InChI=1S/C18H12ClNO4S/c1-9-6-12(10-2-4-11(19)5-3-10)15(18(23)24)16(14(9)17(21)22)13-7-25-8-20-13/h2-8H,1H3,(H,21,22)(H,23,24). The smallest absolute Gasteiger partial charge is 0.337 e. The SMILES string of the molecule is Cc1cc(-c2ccc(Cl)cc2)c(C(=O)O)c(-c2cscn2)c1C(=O)O. The van der Waals surface area contributed by atoms with E-state index in [0.717, 1.165) is 0 Å². The molecule has 126 valence electrons. The van der Waals surface area contributed by atoms with Gasteiger partial charge in [0.2, 0.25) is 0 Å². The zero-order valence-corrected chi connectivity index (χ0v) is 14.6. The molecular formula is C18H12ClNO4S. The number of hydrogen-bond acceptors (Lipinski definition) is 4. The van der Waals surface area contributed by atoms with Gasteiger partial charge < -0.3 is 10.2 Å². The Bertz CT molecular complexity index is 966. The topological polar surface area (TPSA) is 87.5 Å². The first kappa shape index (κ1) is 17.1. The lowest BCUT2D eigenvalue weighted by molar-refractivity contribution is 0.0695. The molecule has 0 aliphatic rings. The van der Waals surface area contributed by atoms with Gasteiger partial charge in [0.15, 0.2) is 0 Å². The molecule has 3 aromatic rings. The maximum atomic E-state index is 12.0. The highest BCUT2D eigenvalue weighted by atomic mass is 35.5. The first-order valence-electron chi connectivity index (χ1n) is 7.19. The van der Waals surface area contributed by atoms with E-state index in [1.54, 1.807) is 42.6 Å². The molecule has 7 heteroatoms. The van der Waals surface area contributed by atoms with Crippen LogP contribution in [0.4, 0.5) is 0 Å². The van der Waals surface area contributed by atoms with E-state index in [0.29, 0.717) is 27.4 Å². The number of carbonyl (C=O) groups is 2. The number of thiazole rings is 1. The molecule has 0 saturated heterocycles. The van der Waals surface area contributed by atoms with Gasteiger partial charge in [-0.3, -0.25) is 0 Å². The molecule has 0 bridgehead atoms. The van der Waals surface area contributed by atoms with Crippen molar-refractivity contribution in [1.82, 2.24) is 4.98 Å². The van der Waals surface area contributed by atoms with Crippen molar-refractivity contribution in [3.8, 4) is 22.4 Å². The number of nitrogens with zero attached hydrogens (tertiary/aromatic N) is 1. The molecular weight excluding hydrogens is 362 g/mol. The summed E-state index contributed by atoms with van der Waals surface area (Å²) in [6.07, 6.45) is 0. The van der Waals surface area contributed by atoms with E-state index < -0.39 is 11.9 Å². The average molecular weight is 374 g/mol. The monoisotopic (exact) mass is 373 g/mol. The van der Waals surface area contributed by atoms with Crippen molar-refractivity contribution in [2.24, 2.45) is 0 Å². The normalized spacial score (nSPS) is 10.6. The van der Waals surface area contributed by atoms with Crippen LogP contribution in [0.15, 0.2) is 41.2 Å². The Morgan fingerprint density at radius 2 is 1.72 bits per heavy atom.